The Morgan fingerprint density at radius 2 is 1.67 bits per heavy atom. The molecule has 3 rings (SSSR count). The first kappa shape index (κ1) is 13.8. The summed E-state index contributed by atoms with van der Waals surface area (Å²) >= 11 is 12.1. The summed E-state index contributed by atoms with van der Waals surface area (Å²) in [4.78, 5) is 0. The van der Waals surface area contributed by atoms with Crippen LogP contribution in [-0.4, -0.2) is 20.2 Å². The number of aromatic nitrogens is 4. The summed E-state index contributed by atoms with van der Waals surface area (Å²) in [6.45, 7) is 0. The van der Waals surface area contributed by atoms with Gasteiger partial charge < -0.3 is 5.73 Å². The molecule has 0 fully saturated rings. The Kier molecular flexibility index (Phi) is 3.48. The summed E-state index contributed by atoms with van der Waals surface area (Å²) in [6.07, 6.45) is 0. The van der Waals surface area contributed by atoms with Crippen molar-refractivity contribution >= 4 is 28.9 Å². The van der Waals surface area contributed by atoms with Gasteiger partial charge in [0.2, 0.25) is 0 Å². The minimum absolute atomic E-state index is 0.115. The van der Waals surface area contributed by atoms with Crippen LogP contribution in [0.1, 0.15) is 0 Å². The van der Waals surface area contributed by atoms with E-state index in [0.29, 0.717) is 17.2 Å². The van der Waals surface area contributed by atoms with Crippen molar-refractivity contribution in [1.29, 1.82) is 0 Å². The Morgan fingerprint density at radius 1 is 1.05 bits per heavy atom. The molecule has 1 aromatic heterocycles. The Hall–Kier alpha value is -2.18. The highest BCUT2D eigenvalue weighted by Crippen LogP contribution is 2.31. The minimum Gasteiger partial charge on any atom is -0.399 e. The number of nitrogen functional groups attached to an aromatic ring is 1. The Labute approximate surface area is 129 Å². The van der Waals surface area contributed by atoms with Crippen LogP contribution >= 0.6 is 23.2 Å². The van der Waals surface area contributed by atoms with Gasteiger partial charge in [0.15, 0.2) is 5.82 Å². The van der Waals surface area contributed by atoms with Crippen molar-refractivity contribution in [3.05, 3.63) is 52.3 Å². The van der Waals surface area contributed by atoms with Gasteiger partial charge in [0.1, 0.15) is 11.5 Å². The van der Waals surface area contributed by atoms with Crippen molar-refractivity contribution in [2.75, 3.05) is 5.73 Å². The molecule has 0 saturated heterocycles. The second kappa shape index (κ2) is 5.31. The second-order valence-electron chi connectivity index (χ2n) is 4.25. The minimum atomic E-state index is -0.532. The van der Waals surface area contributed by atoms with Crippen LogP contribution in [0.2, 0.25) is 10.0 Å². The fraction of sp³-hybridized carbons (Fsp3) is 0. The van der Waals surface area contributed by atoms with Gasteiger partial charge in [-0.15, -0.1) is 5.10 Å². The van der Waals surface area contributed by atoms with Crippen LogP contribution in [-0.2, 0) is 0 Å². The number of rotatable bonds is 2. The van der Waals surface area contributed by atoms with Gasteiger partial charge >= 0.3 is 0 Å². The number of halogens is 3. The van der Waals surface area contributed by atoms with Crippen molar-refractivity contribution in [3.8, 4) is 17.1 Å². The average molecular weight is 324 g/mol. The van der Waals surface area contributed by atoms with Gasteiger partial charge in [0.05, 0.1) is 10.0 Å². The SMILES string of the molecule is Nc1ccc(-c2nnnn2-c2c(Cl)cc(F)cc2Cl)cc1. The maximum Gasteiger partial charge on any atom is 0.187 e. The highest BCUT2D eigenvalue weighted by Gasteiger charge is 2.17. The summed E-state index contributed by atoms with van der Waals surface area (Å²) < 4.78 is 14.6. The lowest BCUT2D eigenvalue weighted by atomic mass is 10.2. The first-order valence-corrected chi connectivity index (χ1v) is 6.61. The van der Waals surface area contributed by atoms with Gasteiger partial charge in [-0.2, -0.15) is 4.68 Å². The van der Waals surface area contributed by atoms with Crippen molar-refractivity contribution in [2.24, 2.45) is 0 Å². The van der Waals surface area contributed by atoms with Gasteiger partial charge in [-0.1, -0.05) is 23.2 Å². The lowest BCUT2D eigenvalue weighted by molar-refractivity contribution is 0.627. The third kappa shape index (κ3) is 2.55. The van der Waals surface area contributed by atoms with E-state index in [1.54, 1.807) is 24.3 Å². The molecule has 0 bridgehead atoms. The van der Waals surface area contributed by atoms with Crippen molar-refractivity contribution in [1.82, 2.24) is 20.2 Å². The fourth-order valence-corrected chi connectivity index (χ4v) is 2.51. The summed E-state index contributed by atoms with van der Waals surface area (Å²) in [5.74, 6) is -0.110. The summed E-state index contributed by atoms with van der Waals surface area (Å²) in [5.41, 5.74) is 7.32. The summed E-state index contributed by atoms with van der Waals surface area (Å²) in [5, 5.41) is 11.7. The topological polar surface area (TPSA) is 69.6 Å². The molecule has 0 amide bonds. The number of hydrogen-bond acceptors (Lipinski definition) is 4. The molecule has 0 aliphatic carbocycles. The second-order valence-corrected chi connectivity index (χ2v) is 5.07. The number of tetrazole rings is 1. The summed E-state index contributed by atoms with van der Waals surface area (Å²) in [7, 11) is 0. The molecular formula is C13H8Cl2FN5. The molecule has 0 aliphatic heterocycles. The average Bonchev–Trinajstić information content (AvgIpc) is 2.87. The van der Waals surface area contributed by atoms with Crippen LogP contribution in [0.25, 0.3) is 17.1 Å². The first-order chi connectivity index (χ1) is 10.1. The fourth-order valence-electron chi connectivity index (χ4n) is 1.89. The molecule has 0 spiro atoms. The smallest absolute Gasteiger partial charge is 0.187 e. The highest BCUT2D eigenvalue weighted by atomic mass is 35.5. The maximum atomic E-state index is 13.3. The highest BCUT2D eigenvalue weighted by molar-refractivity contribution is 6.37. The van der Waals surface area contributed by atoms with Crippen molar-refractivity contribution in [3.63, 3.8) is 0 Å². The first-order valence-electron chi connectivity index (χ1n) is 5.85. The zero-order valence-corrected chi connectivity index (χ0v) is 12.0. The van der Waals surface area contributed by atoms with E-state index in [1.807, 2.05) is 0 Å². The number of nitrogens with zero attached hydrogens (tertiary/aromatic N) is 4. The Morgan fingerprint density at radius 3 is 2.29 bits per heavy atom. The van der Waals surface area contributed by atoms with Crippen molar-refractivity contribution in [2.45, 2.75) is 0 Å². The standard InChI is InChI=1S/C13H8Cl2FN5/c14-10-5-8(16)6-11(15)12(10)21-13(18-19-20-21)7-1-3-9(17)4-2-7/h1-6H,17H2. The van der Waals surface area contributed by atoms with Crippen LogP contribution in [0.5, 0.6) is 0 Å². The lowest BCUT2D eigenvalue weighted by Crippen LogP contribution is -2.02. The number of nitrogens with two attached hydrogens (primary N) is 1. The van der Waals surface area contributed by atoms with E-state index in [4.69, 9.17) is 28.9 Å². The van der Waals surface area contributed by atoms with Crippen LogP contribution < -0.4 is 5.73 Å². The zero-order valence-electron chi connectivity index (χ0n) is 10.5. The third-order valence-electron chi connectivity index (χ3n) is 2.83. The van der Waals surface area contributed by atoms with E-state index >= 15 is 0 Å². The monoisotopic (exact) mass is 323 g/mol. The predicted octanol–water partition coefficient (Wildman–Crippen LogP) is 3.36. The van der Waals surface area contributed by atoms with E-state index in [-0.39, 0.29) is 10.0 Å². The molecule has 21 heavy (non-hydrogen) atoms. The molecule has 2 N–H and O–H groups in total. The molecule has 2 aromatic carbocycles. The van der Waals surface area contributed by atoms with E-state index in [0.717, 1.165) is 17.7 Å². The van der Waals surface area contributed by atoms with E-state index in [9.17, 15) is 4.39 Å². The lowest BCUT2D eigenvalue weighted by Gasteiger charge is -2.09. The van der Waals surface area contributed by atoms with Crippen LogP contribution in [0.3, 0.4) is 0 Å². The maximum absolute atomic E-state index is 13.3. The van der Waals surface area contributed by atoms with Crippen molar-refractivity contribution < 1.29 is 4.39 Å². The van der Waals surface area contributed by atoms with Gasteiger partial charge in [-0.25, -0.2) is 4.39 Å². The van der Waals surface area contributed by atoms with E-state index in [2.05, 4.69) is 15.5 Å². The number of hydrogen-bond donors (Lipinski definition) is 1. The van der Waals surface area contributed by atoms with Crippen LogP contribution in [0, 0.1) is 5.82 Å². The molecule has 106 valence electrons. The van der Waals surface area contributed by atoms with Gasteiger partial charge in [-0.3, -0.25) is 0 Å². The molecule has 5 nitrogen and oxygen atoms in total. The molecule has 3 aromatic rings. The molecule has 8 heteroatoms. The normalized spacial score (nSPS) is 10.8. The van der Waals surface area contributed by atoms with Gasteiger partial charge in [-0.05, 0) is 46.8 Å². The van der Waals surface area contributed by atoms with Crippen LogP contribution in [0.4, 0.5) is 10.1 Å². The van der Waals surface area contributed by atoms with E-state index < -0.39 is 5.82 Å². The van der Waals surface area contributed by atoms with Gasteiger partial charge in [0, 0.05) is 11.3 Å². The third-order valence-corrected chi connectivity index (χ3v) is 3.41. The molecule has 0 radical (unpaired) electrons. The molecule has 1 heterocycles. The number of anilines is 1. The molecule has 0 atom stereocenters. The van der Waals surface area contributed by atoms with Crippen LogP contribution in [0.15, 0.2) is 36.4 Å². The Balaban J connectivity index is 2.18. The Bertz CT molecular complexity index is 778. The van der Waals surface area contributed by atoms with E-state index in [1.165, 1.54) is 4.68 Å². The summed E-state index contributed by atoms with van der Waals surface area (Å²) in [6, 6.07) is 9.28. The zero-order chi connectivity index (χ0) is 15.0. The number of benzene rings is 2. The largest absolute Gasteiger partial charge is 0.399 e. The molecule has 0 aliphatic rings. The van der Waals surface area contributed by atoms with Gasteiger partial charge in [0.25, 0.3) is 0 Å². The quantitative estimate of drug-likeness (QED) is 0.734. The predicted molar refractivity (Wildman–Crippen MR) is 79.0 cm³/mol. The molecular weight excluding hydrogens is 316 g/mol. The molecule has 0 unspecified atom stereocenters. The molecule has 0 saturated carbocycles.